The third kappa shape index (κ3) is 4.52. The third-order valence-electron chi connectivity index (χ3n) is 5.77. The highest BCUT2D eigenvalue weighted by molar-refractivity contribution is 6.34. The molecule has 1 N–H and O–H groups in total. The van der Waals surface area contributed by atoms with E-state index in [2.05, 4.69) is 4.98 Å². The Balaban J connectivity index is 1.90. The van der Waals surface area contributed by atoms with Crippen LogP contribution in [-0.2, 0) is 10.4 Å². The number of hydrogen-bond donors (Lipinski definition) is 1. The van der Waals surface area contributed by atoms with Crippen LogP contribution in [0.2, 0.25) is 10.0 Å². The zero-order chi connectivity index (χ0) is 25.5. The van der Waals surface area contributed by atoms with E-state index in [4.69, 9.17) is 33.3 Å². The molecule has 2 unspecified atom stereocenters. The quantitative estimate of drug-likeness (QED) is 0.415. The molecule has 0 saturated carbocycles. The number of pyridine rings is 1. The Bertz CT molecular complexity index is 1320. The summed E-state index contributed by atoms with van der Waals surface area (Å²) in [5, 5.41) is 19.4. The van der Waals surface area contributed by atoms with Crippen LogP contribution < -0.4 is 5.06 Å². The molecule has 0 aliphatic carbocycles. The minimum atomic E-state index is -4.89. The van der Waals surface area contributed by atoms with Crippen LogP contribution in [0.3, 0.4) is 0 Å². The molecule has 3 aromatic rings. The smallest absolute Gasteiger partial charge is 0.424 e. The molecule has 1 saturated heterocycles. The predicted molar refractivity (Wildman–Crippen MR) is 122 cm³/mol. The molecule has 2 atom stereocenters. The Hall–Kier alpha value is -3.32. The maximum Gasteiger partial charge on any atom is 0.424 e. The third-order valence-corrected chi connectivity index (χ3v) is 6.21. The zero-order valence-electron chi connectivity index (χ0n) is 18.0. The van der Waals surface area contributed by atoms with Gasteiger partial charge in [-0.05, 0) is 60.0 Å². The lowest BCUT2D eigenvalue weighted by Crippen LogP contribution is -2.43. The molecule has 11 heteroatoms. The number of halogens is 5. The fourth-order valence-electron chi connectivity index (χ4n) is 4.09. The maximum atomic E-state index is 14.7. The summed E-state index contributed by atoms with van der Waals surface area (Å²) in [5.41, 5.74) is -2.12. The Morgan fingerprint density at radius 1 is 1.20 bits per heavy atom. The van der Waals surface area contributed by atoms with Crippen LogP contribution in [0.25, 0.3) is 0 Å². The van der Waals surface area contributed by atoms with Gasteiger partial charge in [0, 0.05) is 22.7 Å². The highest BCUT2D eigenvalue weighted by Crippen LogP contribution is 2.56. The molecule has 35 heavy (non-hydrogen) atoms. The van der Waals surface area contributed by atoms with Gasteiger partial charge in [-0.2, -0.15) is 18.4 Å². The first-order valence-corrected chi connectivity index (χ1v) is 10.9. The Kier molecular flexibility index (Phi) is 6.40. The summed E-state index contributed by atoms with van der Waals surface area (Å²) in [6.07, 6.45) is -4.27. The van der Waals surface area contributed by atoms with Crippen molar-refractivity contribution in [1.82, 2.24) is 4.98 Å². The summed E-state index contributed by atoms with van der Waals surface area (Å²) in [7, 11) is 0. The van der Waals surface area contributed by atoms with Gasteiger partial charge in [-0.25, -0.2) is 14.8 Å². The minimum absolute atomic E-state index is 0.00730. The molecule has 6 nitrogen and oxygen atoms in total. The number of aryl methyl sites for hydroxylation is 1. The minimum Gasteiger partial charge on any atom is -0.478 e. The summed E-state index contributed by atoms with van der Waals surface area (Å²) in [4.78, 5) is 21.2. The van der Waals surface area contributed by atoms with Crippen LogP contribution >= 0.6 is 23.2 Å². The molecule has 0 spiro atoms. The lowest BCUT2D eigenvalue weighted by Gasteiger charge is -2.31. The van der Waals surface area contributed by atoms with Gasteiger partial charge in [-0.1, -0.05) is 35.3 Å². The Morgan fingerprint density at radius 2 is 1.89 bits per heavy atom. The fourth-order valence-corrected chi connectivity index (χ4v) is 4.62. The van der Waals surface area contributed by atoms with E-state index in [1.165, 1.54) is 42.6 Å². The van der Waals surface area contributed by atoms with E-state index in [0.717, 1.165) is 17.2 Å². The number of aromatic nitrogens is 1. The first-order valence-electron chi connectivity index (χ1n) is 10.2. The number of carboxylic acid groups (broad SMARTS) is 1. The molecule has 4 rings (SSSR count). The Labute approximate surface area is 208 Å². The summed E-state index contributed by atoms with van der Waals surface area (Å²) in [6, 6.07) is 11.6. The number of anilines is 1. The summed E-state index contributed by atoms with van der Waals surface area (Å²) in [6.45, 7) is 1.56. The zero-order valence-corrected chi connectivity index (χ0v) is 19.5. The van der Waals surface area contributed by atoms with Gasteiger partial charge in [0.05, 0.1) is 17.2 Å². The molecule has 0 amide bonds. The van der Waals surface area contributed by atoms with Crippen LogP contribution in [0, 0.1) is 18.3 Å². The molecule has 2 heterocycles. The highest BCUT2D eigenvalue weighted by atomic mass is 35.5. The molecular formula is C24H16Cl2F3N3O3. The summed E-state index contributed by atoms with van der Waals surface area (Å²) in [5.74, 6) is -1.12. The second kappa shape index (κ2) is 9.04. The van der Waals surface area contributed by atoms with Gasteiger partial charge in [0.2, 0.25) is 5.60 Å². The molecule has 1 aliphatic heterocycles. The monoisotopic (exact) mass is 521 g/mol. The van der Waals surface area contributed by atoms with Crippen molar-refractivity contribution >= 4 is 35.0 Å². The van der Waals surface area contributed by atoms with Crippen molar-refractivity contribution in [3.05, 3.63) is 92.6 Å². The van der Waals surface area contributed by atoms with Crippen molar-refractivity contribution < 1.29 is 27.9 Å². The van der Waals surface area contributed by atoms with Crippen molar-refractivity contribution in [2.75, 3.05) is 5.06 Å². The average Bonchev–Trinajstić information content (AvgIpc) is 3.21. The normalized spacial score (nSPS) is 20.0. The van der Waals surface area contributed by atoms with Gasteiger partial charge in [0.25, 0.3) is 0 Å². The van der Waals surface area contributed by atoms with E-state index in [1.54, 1.807) is 6.92 Å². The standard InChI is InChI=1S/C24H16Cl2F3N3O3/c1-13-6-15(3-4-19(13)22(33)34)20-10-23(24(27,28)29,16-7-17(25)9-18(26)8-16)35-32(20)21-5-2-14(11-30)12-31-21/h2-9,12,20H,10H2,1H3,(H,33,34). The average molecular weight is 522 g/mol. The van der Waals surface area contributed by atoms with Crippen LogP contribution in [0.4, 0.5) is 19.0 Å². The van der Waals surface area contributed by atoms with Crippen LogP contribution in [-0.4, -0.2) is 22.2 Å². The van der Waals surface area contributed by atoms with Gasteiger partial charge in [-0.15, -0.1) is 0 Å². The van der Waals surface area contributed by atoms with Crippen molar-refractivity contribution in [3.63, 3.8) is 0 Å². The van der Waals surface area contributed by atoms with Crippen LogP contribution in [0.1, 0.15) is 45.1 Å². The number of alkyl halides is 3. The summed E-state index contributed by atoms with van der Waals surface area (Å²) < 4.78 is 44.2. The number of nitriles is 1. The molecule has 0 radical (unpaired) electrons. The van der Waals surface area contributed by atoms with Gasteiger partial charge in [0.1, 0.15) is 6.07 Å². The molecule has 2 aromatic carbocycles. The number of carbonyl (C=O) groups is 1. The van der Waals surface area contributed by atoms with E-state index in [0.29, 0.717) is 11.1 Å². The number of hydroxylamine groups is 1. The van der Waals surface area contributed by atoms with Crippen molar-refractivity contribution in [3.8, 4) is 6.07 Å². The topological polar surface area (TPSA) is 86.5 Å². The fraction of sp³-hybridized carbons (Fsp3) is 0.208. The number of rotatable bonds is 4. The molecule has 180 valence electrons. The van der Waals surface area contributed by atoms with Gasteiger partial charge >= 0.3 is 12.1 Å². The first kappa shape index (κ1) is 24.8. The number of benzene rings is 2. The van der Waals surface area contributed by atoms with Gasteiger partial charge in [-0.3, -0.25) is 4.84 Å². The van der Waals surface area contributed by atoms with E-state index in [1.807, 2.05) is 6.07 Å². The highest BCUT2D eigenvalue weighted by Gasteiger charge is 2.64. The van der Waals surface area contributed by atoms with Crippen molar-refractivity contribution in [1.29, 1.82) is 5.26 Å². The van der Waals surface area contributed by atoms with E-state index in [9.17, 15) is 23.1 Å². The molecule has 1 fully saturated rings. The predicted octanol–water partition coefficient (Wildman–Crippen LogP) is 6.61. The number of hydrogen-bond acceptors (Lipinski definition) is 5. The largest absolute Gasteiger partial charge is 0.478 e. The molecule has 1 aromatic heterocycles. The SMILES string of the molecule is Cc1cc(C2CC(c3cc(Cl)cc(Cl)c3)(C(F)(F)F)ON2c2ccc(C#N)cn2)ccc1C(=O)O. The maximum absolute atomic E-state index is 14.7. The van der Waals surface area contributed by atoms with Gasteiger partial charge < -0.3 is 5.11 Å². The lowest BCUT2D eigenvalue weighted by atomic mass is 9.85. The molecule has 1 aliphatic rings. The van der Waals surface area contributed by atoms with E-state index < -0.39 is 30.2 Å². The van der Waals surface area contributed by atoms with Crippen molar-refractivity contribution in [2.24, 2.45) is 0 Å². The number of nitrogens with zero attached hydrogens (tertiary/aromatic N) is 3. The second-order valence-electron chi connectivity index (χ2n) is 8.02. The van der Waals surface area contributed by atoms with E-state index >= 15 is 0 Å². The molecular weight excluding hydrogens is 506 g/mol. The Morgan fingerprint density at radius 3 is 2.40 bits per heavy atom. The van der Waals surface area contributed by atoms with Crippen molar-refractivity contribution in [2.45, 2.75) is 31.2 Å². The molecule has 0 bridgehead atoms. The van der Waals surface area contributed by atoms with Crippen LogP contribution in [0.15, 0.2) is 54.7 Å². The van der Waals surface area contributed by atoms with E-state index in [-0.39, 0.29) is 32.6 Å². The second-order valence-corrected chi connectivity index (χ2v) is 8.89. The first-order chi connectivity index (χ1) is 16.4. The van der Waals surface area contributed by atoms with Gasteiger partial charge in [0.15, 0.2) is 5.82 Å². The van der Waals surface area contributed by atoms with Crippen LogP contribution in [0.5, 0.6) is 0 Å². The summed E-state index contributed by atoms with van der Waals surface area (Å²) >= 11 is 12.1. The number of carboxylic acids is 1. The lowest BCUT2D eigenvalue weighted by molar-refractivity contribution is -0.272. The number of aromatic carboxylic acids is 1.